The first kappa shape index (κ1) is 11.0. The molecule has 0 radical (unpaired) electrons. The number of aromatic nitrogens is 1. The second-order valence-electron chi connectivity index (χ2n) is 3.69. The van der Waals surface area contributed by atoms with Gasteiger partial charge in [-0.3, -0.25) is 0 Å². The molecule has 1 aromatic carbocycles. The average molecular weight is 234 g/mol. The van der Waals surface area contributed by atoms with Gasteiger partial charge >= 0.3 is 0 Å². The van der Waals surface area contributed by atoms with E-state index in [0.29, 0.717) is 17.3 Å². The molecular weight excluding hydrogens is 222 g/mol. The van der Waals surface area contributed by atoms with E-state index in [1.807, 2.05) is 36.9 Å². The van der Waals surface area contributed by atoms with Gasteiger partial charge in [0.15, 0.2) is 0 Å². The second kappa shape index (κ2) is 4.17. The van der Waals surface area contributed by atoms with Crippen molar-refractivity contribution in [2.75, 3.05) is 7.05 Å². The second-order valence-corrected chi connectivity index (χ2v) is 4.13. The molecule has 0 spiro atoms. The van der Waals surface area contributed by atoms with Crippen molar-refractivity contribution in [3.63, 3.8) is 0 Å². The van der Waals surface area contributed by atoms with E-state index < -0.39 is 0 Å². The van der Waals surface area contributed by atoms with Crippen molar-refractivity contribution in [3.05, 3.63) is 34.5 Å². The minimum Gasteiger partial charge on any atom is -0.335 e. The number of halogens is 1. The van der Waals surface area contributed by atoms with Crippen LogP contribution in [0.15, 0.2) is 18.2 Å². The zero-order valence-electron chi connectivity index (χ0n) is 9.21. The first-order valence-electron chi connectivity index (χ1n) is 5.00. The van der Waals surface area contributed by atoms with Crippen molar-refractivity contribution in [2.24, 2.45) is 7.05 Å². The lowest BCUT2D eigenvalue weighted by Crippen LogP contribution is -2.06. The zero-order chi connectivity index (χ0) is 11.7. The molecule has 16 heavy (non-hydrogen) atoms. The number of hydrogen-bond acceptors (Lipinski definition) is 2. The summed E-state index contributed by atoms with van der Waals surface area (Å²) in [5, 5.41) is 14.0. The summed E-state index contributed by atoms with van der Waals surface area (Å²) in [6, 6.07) is 7.93. The fourth-order valence-electron chi connectivity index (χ4n) is 1.99. The Bertz CT molecular complexity index is 578. The first-order valence-corrected chi connectivity index (χ1v) is 5.38. The molecule has 82 valence electrons. The topological polar surface area (TPSA) is 40.8 Å². The van der Waals surface area contributed by atoms with Crippen molar-refractivity contribution < 1.29 is 0 Å². The number of nitriles is 1. The van der Waals surface area contributed by atoms with E-state index in [-0.39, 0.29) is 0 Å². The summed E-state index contributed by atoms with van der Waals surface area (Å²) in [5.41, 5.74) is 2.72. The number of nitrogens with zero attached hydrogens (tertiary/aromatic N) is 2. The van der Waals surface area contributed by atoms with Crippen LogP contribution >= 0.6 is 11.6 Å². The molecule has 1 aromatic heterocycles. The molecule has 0 amide bonds. The fourth-order valence-corrected chi connectivity index (χ4v) is 2.16. The van der Waals surface area contributed by atoms with Crippen LogP contribution < -0.4 is 5.32 Å². The molecule has 2 aromatic rings. The van der Waals surface area contributed by atoms with Gasteiger partial charge in [-0.15, -0.1) is 0 Å². The van der Waals surface area contributed by atoms with Gasteiger partial charge in [0.05, 0.1) is 0 Å². The number of hydrogen-bond donors (Lipinski definition) is 1. The molecule has 0 aliphatic rings. The molecule has 0 fully saturated rings. The highest BCUT2D eigenvalue weighted by Crippen LogP contribution is 2.27. The lowest BCUT2D eigenvalue weighted by atomic mass is 10.1. The third kappa shape index (κ3) is 1.57. The summed E-state index contributed by atoms with van der Waals surface area (Å²) < 4.78 is 1.90. The third-order valence-electron chi connectivity index (χ3n) is 2.73. The van der Waals surface area contributed by atoms with Crippen molar-refractivity contribution in [1.82, 2.24) is 9.88 Å². The highest BCUT2D eigenvalue weighted by atomic mass is 35.5. The van der Waals surface area contributed by atoms with Crippen molar-refractivity contribution in [2.45, 2.75) is 6.54 Å². The predicted molar refractivity (Wildman–Crippen MR) is 65.4 cm³/mol. The van der Waals surface area contributed by atoms with Gasteiger partial charge in [-0.2, -0.15) is 5.26 Å². The molecule has 0 aliphatic heterocycles. The predicted octanol–water partition coefficient (Wildman–Crippen LogP) is 2.42. The lowest BCUT2D eigenvalue weighted by Gasteiger charge is -1.98. The number of aryl methyl sites for hydroxylation is 1. The van der Waals surface area contributed by atoms with Crippen LogP contribution in [-0.2, 0) is 13.6 Å². The van der Waals surface area contributed by atoms with Crippen molar-refractivity contribution in [3.8, 4) is 6.07 Å². The summed E-state index contributed by atoms with van der Waals surface area (Å²) in [7, 11) is 3.76. The Labute approximate surface area is 99.2 Å². The van der Waals surface area contributed by atoms with Crippen LogP contribution in [0.1, 0.15) is 11.3 Å². The van der Waals surface area contributed by atoms with E-state index in [2.05, 4.69) is 11.4 Å². The number of rotatable bonds is 2. The molecule has 3 nitrogen and oxygen atoms in total. The van der Waals surface area contributed by atoms with Gasteiger partial charge in [0.25, 0.3) is 0 Å². The molecule has 1 heterocycles. The van der Waals surface area contributed by atoms with Gasteiger partial charge in [-0.05, 0) is 25.2 Å². The molecule has 0 bridgehead atoms. The lowest BCUT2D eigenvalue weighted by molar-refractivity contribution is 0.810. The van der Waals surface area contributed by atoms with Crippen LogP contribution in [0.2, 0.25) is 5.02 Å². The highest BCUT2D eigenvalue weighted by molar-refractivity contribution is 6.31. The van der Waals surface area contributed by atoms with Crippen LogP contribution in [0.5, 0.6) is 0 Å². The Morgan fingerprint density at radius 2 is 2.25 bits per heavy atom. The van der Waals surface area contributed by atoms with Gasteiger partial charge in [0.1, 0.15) is 11.8 Å². The monoisotopic (exact) mass is 233 g/mol. The van der Waals surface area contributed by atoms with Crippen molar-refractivity contribution >= 4 is 22.5 Å². The van der Waals surface area contributed by atoms with Crippen LogP contribution in [-0.4, -0.2) is 11.6 Å². The first-order chi connectivity index (χ1) is 7.69. The van der Waals surface area contributed by atoms with E-state index in [1.165, 1.54) is 0 Å². The van der Waals surface area contributed by atoms with Crippen LogP contribution in [0, 0.1) is 11.3 Å². The summed E-state index contributed by atoms with van der Waals surface area (Å²) in [4.78, 5) is 0. The standard InChI is InChI=1S/C12H12ClN3/c1-15-7-10-9-5-8(13)3-4-11(9)16(2)12(10)6-14/h3-5,15H,7H2,1-2H3. The number of benzene rings is 1. The van der Waals surface area contributed by atoms with E-state index in [0.717, 1.165) is 16.5 Å². The van der Waals surface area contributed by atoms with E-state index >= 15 is 0 Å². The molecule has 2 rings (SSSR count). The molecule has 1 N–H and O–H groups in total. The van der Waals surface area contributed by atoms with Crippen LogP contribution in [0.4, 0.5) is 0 Å². The molecule has 0 atom stereocenters. The smallest absolute Gasteiger partial charge is 0.125 e. The maximum absolute atomic E-state index is 9.16. The Balaban J connectivity index is 2.82. The van der Waals surface area contributed by atoms with Crippen LogP contribution in [0.3, 0.4) is 0 Å². The van der Waals surface area contributed by atoms with E-state index in [4.69, 9.17) is 16.9 Å². The molecule has 0 aliphatic carbocycles. The highest BCUT2D eigenvalue weighted by Gasteiger charge is 2.14. The van der Waals surface area contributed by atoms with Gasteiger partial charge in [-0.1, -0.05) is 11.6 Å². The summed E-state index contributed by atoms with van der Waals surface area (Å²) in [6.07, 6.45) is 0. The maximum Gasteiger partial charge on any atom is 0.125 e. The largest absolute Gasteiger partial charge is 0.335 e. The SMILES string of the molecule is CNCc1c(C#N)n(C)c2ccc(Cl)cc12. The quantitative estimate of drug-likeness (QED) is 0.866. The zero-order valence-corrected chi connectivity index (χ0v) is 9.97. The molecule has 0 saturated carbocycles. The maximum atomic E-state index is 9.16. The minimum atomic E-state index is 0.667. The van der Waals surface area contributed by atoms with Gasteiger partial charge in [-0.25, -0.2) is 0 Å². The van der Waals surface area contributed by atoms with Gasteiger partial charge in [0.2, 0.25) is 0 Å². The Hall–Kier alpha value is -1.50. The molecule has 0 saturated heterocycles. The van der Waals surface area contributed by atoms with Crippen LogP contribution in [0.25, 0.3) is 10.9 Å². The molecule has 0 unspecified atom stereocenters. The Morgan fingerprint density at radius 1 is 1.50 bits per heavy atom. The number of fused-ring (bicyclic) bond motifs is 1. The Kier molecular flexibility index (Phi) is 2.86. The third-order valence-corrected chi connectivity index (χ3v) is 2.96. The minimum absolute atomic E-state index is 0.667. The number of nitrogens with one attached hydrogen (secondary N) is 1. The summed E-state index contributed by atoms with van der Waals surface area (Å²) in [6.45, 7) is 0.667. The fraction of sp³-hybridized carbons (Fsp3) is 0.250. The van der Waals surface area contributed by atoms with Crippen molar-refractivity contribution in [1.29, 1.82) is 5.26 Å². The normalized spacial score (nSPS) is 10.6. The summed E-state index contributed by atoms with van der Waals surface area (Å²) in [5.74, 6) is 0. The van der Waals surface area contributed by atoms with Gasteiger partial charge in [0, 0.05) is 35.1 Å². The molecular formula is C12H12ClN3. The Morgan fingerprint density at radius 3 is 2.88 bits per heavy atom. The van der Waals surface area contributed by atoms with E-state index in [1.54, 1.807) is 0 Å². The summed E-state index contributed by atoms with van der Waals surface area (Å²) >= 11 is 5.98. The van der Waals surface area contributed by atoms with Gasteiger partial charge < -0.3 is 9.88 Å². The average Bonchev–Trinajstić information content (AvgIpc) is 2.52. The van der Waals surface area contributed by atoms with E-state index in [9.17, 15) is 0 Å². The molecule has 4 heteroatoms.